The van der Waals surface area contributed by atoms with E-state index >= 15 is 0 Å². The summed E-state index contributed by atoms with van der Waals surface area (Å²) in [5.41, 5.74) is -0.187. The molecule has 3 rings (SSSR count). The fourth-order valence-electron chi connectivity index (χ4n) is 4.92. The van der Waals surface area contributed by atoms with E-state index in [2.05, 4.69) is 10.6 Å². The predicted octanol–water partition coefficient (Wildman–Crippen LogP) is 5.24. The molecule has 1 aliphatic rings. The number of carbonyl (C=O) groups excluding carboxylic acids is 5. The maximum absolute atomic E-state index is 14.0. The van der Waals surface area contributed by atoms with Gasteiger partial charge in [-0.2, -0.15) is 8.78 Å². The number of likely N-dealkylation sites (tertiary alicyclic amines) is 1. The summed E-state index contributed by atoms with van der Waals surface area (Å²) in [6.07, 6.45) is -0.490. The lowest BCUT2D eigenvalue weighted by Crippen LogP contribution is -2.50. The molecule has 10 nitrogen and oxygen atoms in total. The highest BCUT2D eigenvalue weighted by atomic mass is 35.5. The van der Waals surface area contributed by atoms with Crippen LogP contribution in [0.4, 0.5) is 23.2 Å². The fourth-order valence-corrected chi connectivity index (χ4v) is 5.09. The summed E-state index contributed by atoms with van der Waals surface area (Å²) in [6.45, 7) is 9.38. The number of nitrogens with one attached hydrogen (secondary N) is 2. The van der Waals surface area contributed by atoms with Crippen molar-refractivity contribution >= 4 is 46.8 Å². The van der Waals surface area contributed by atoms with Gasteiger partial charge in [0.2, 0.25) is 17.5 Å². The molecule has 3 amide bonds. The maximum Gasteiger partial charge on any atom is 0.313 e. The van der Waals surface area contributed by atoms with Gasteiger partial charge < -0.3 is 25.0 Å². The van der Waals surface area contributed by atoms with E-state index in [0.717, 1.165) is 5.56 Å². The van der Waals surface area contributed by atoms with Crippen LogP contribution in [0.1, 0.15) is 66.4 Å². The van der Waals surface area contributed by atoms with Crippen LogP contribution in [-0.4, -0.2) is 65.7 Å². The Kier molecular flexibility index (Phi) is 12.2. The van der Waals surface area contributed by atoms with Crippen LogP contribution in [-0.2, 0) is 34.1 Å². The molecule has 1 aliphatic heterocycles. The number of ketones is 1. The number of piperidine rings is 1. The van der Waals surface area contributed by atoms with Crippen LogP contribution in [0.15, 0.2) is 24.3 Å². The zero-order chi connectivity index (χ0) is 36.1. The van der Waals surface area contributed by atoms with Crippen molar-refractivity contribution in [2.24, 2.45) is 5.92 Å². The van der Waals surface area contributed by atoms with E-state index < -0.39 is 89.1 Å². The molecule has 0 unspecified atom stereocenters. The zero-order valence-electron chi connectivity index (χ0n) is 27.4. The van der Waals surface area contributed by atoms with Crippen molar-refractivity contribution in [1.82, 2.24) is 10.2 Å². The third-order valence-electron chi connectivity index (χ3n) is 7.31. The second-order valence-corrected chi connectivity index (χ2v) is 13.8. The number of carbonyl (C=O) groups is 5. The molecule has 0 saturated carbocycles. The van der Waals surface area contributed by atoms with Gasteiger partial charge >= 0.3 is 17.8 Å². The maximum atomic E-state index is 14.0. The lowest BCUT2D eigenvalue weighted by molar-refractivity contribution is -0.156. The number of halogens is 5. The Bertz CT molecular complexity index is 1560. The largest absolute Gasteiger partial charge is 0.479 e. The minimum atomic E-state index is -1.87. The average molecular weight is 700 g/mol. The van der Waals surface area contributed by atoms with Crippen LogP contribution in [0, 0.1) is 29.2 Å². The molecule has 1 atom stereocenters. The highest BCUT2D eigenvalue weighted by Gasteiger charge is 2.34. The molecule has 1 saturated heterocycles. The number of Topliss-reactive ketones (excluding diaryl/α,β-unsaturated/α-hetero) is 1. The number of ether oxygens (including phenoxy) is 2. The first-order valence-corrected chi connectivity index (χ1v) is 15.5. The third-order valence-corrected chi connectivity index (χ3v) is 7.55. The molecule has 0 bridgehead atoms. The first kappa shape index (κ1) is 38.2. The van der Waals surface area contributed by atoms with Gasteiger partial charge in [0.1, 0.15) is 18.2 Å². The van der Waals surface area contributed by atoms with E-state index in [0.29, 0.717) is 10.7 Å². The molecule has 15 heteroatoms. The van der Waals surface area contributed by atoms with Gasteiger partial charge in [-0.15, -0.1) is 0 Å². The number of amides is 3. The molecular formula is C33H38ClF4N3O7. The van der Waals surface area contributed by atoms with Gasteiger partial charge in [0, 0.05) is 35.8 Å². The van der Waals surface area contributed by atoms with Crippen LogP contribution >= 0.6 is 11.6 Å². The number of esters is 1. The van der Waals surface area contributed by atoms with Crippen LogP contribution < -0.4 is 15.4 Å². The van der Waals surface area contributed by atoms with Gasteiger partial charge in [-0.3, -0.25) is 24.0 Å². The number of nitrogens with zero attached hydrogens (tertiary/aromatic N) is 1. The van der Waals surface area contributed by atoms with Crippen molar-refractivity contribution in [1.29, 1.82) is 0 Å². The number of hydrogen-bond donors (Lipinski definition) is 2. The van der Waals surface area contributed by atoms with Gasteiger partial charge in [0.15, 0.2) is 23.2 Å². The molecule has 0 aromatic heterocycles. The highest BCUT2D eigenvalue weighted by molar-refractivity contribution is 6.39. The van der Waals surface area contributed by atoms with Gasteiger partial charge in [-0.1, -0.05) is 32.4 Å². The minimum Gasteiger partial charge on any atom is -0.479 e. The molecule has 48 heavy (non-hydrogen) atoms. The fraction of sp³-hybridized carbons (Fsp3) is 0.485. The van der Waals surface area contributed by atoms with Crippen molar-refractivity contribution in [3.8, 4) is 5.75 Å². The van der Waals surface area contributed by atoms with E-state index in [1.54, 1.807) is 39.0 Å². The van der Waals surface area contributed by atoms with E-state index in [1.165, 1.54) is 4.90 Å². The summed E-state index contributed by atoms with van der Waals surface area (Å²) in [5.74, 6) is -13.8. The van der Waals surface area contributed by atoms with Crippen molar-refractivity contribution in [2.75, 3.05) is 25.0 Å². The summed E-state index contributed by atoms with van der Waals surface area (Å²) in [6, 6.07) is 3.27. The molecule has 2 aromatic carbocycles. The van der Waals surface area contributed by atoms with Crippen LogP contribution in [0.5, 0.6) is 5.75 Å². The molecule has 262 valence electrons. The Balaban J connectivity index is 1.66. The first-order valence-electron chi connectivity index (χ1n) is 15.1. The molecule has 0 aliphatic carbocycles. The van der Waals surface area contributed by atoms with Crippen LogP contribution in [0.25, 0.3) is 0 Å². The SMILES string of the molecule is CC(C)(C)OC(=O)C[C@H](NC(=O)C1CCN(C(=O)C(=O)Nc2ccc(Cl)cc2C(C)(C)C)CC1)C(=O)COc1c(F)c(F)cc(F)c1F. The molecular weight excluding hydrogens is 662 g/mol. The Hall–Kier alpha value is -4.20. The molecule has 0 spiro atoms. The average Bonchev–Trinajstić information content (AvgIpc) is 2.98. The molecule has 1 fully saturated rings. The van der Waals surface area contributed by atoms with E-state index in [4.69, 9.17) is 21.1 Å². The Morgan fingerprint density at radius 3 is 2.06 bits per heavy atom. The number of rotatable bonds is 9. The number of hydrogen-bond acceptors (Lipinski definition) is 7. The Morgan fingerprint density at radius 2 is 1.52 bits per heavy atom. The minimum absolute atomic E-state index is 0.0224. The topological polar surface area (TPSA) is 131 Å². The summed E-state index contributed by atoms with van der Waals surface area (Å²) in [4.78, 5) is 65.8. The lowest BCUT2D eigenvalue weighted by Gasteiger charge is -2.32. The summed E-state index contributed by atoms with van der Waals surface area (Å²) >= 11 is 6.12. The predicted molar refractivity (Wildman–Crippen MR) is 167 cm³/mol. The molecule has 0 radical (unpaired) electrons. The Labute approximate surface area is 280 Å². The van der Waals surface area contributed by atoms with Gasteiger partial charge in [-0.25, -0.2) is 8.78 Å². The molecule has 2 N–H and O–H groups in total. The summed E-state index contributed by atoms with van der Waals surface area (Å²) < 4.78 is 65.2. The number of benzene rings is 2. The zero-order valence-corrected chi connectivity index (χ0v) is 28.2. The van der Waals surface area contributed by atoms with Crippen molar-refractivity contribution in [3.63, 3.8) is 0 Å². The Morgan fingerprint density at radius 1 is 0.938 bits per heavy atom. The molecule has 1 heterocycles. The molecule has 2 aromatic rings. The monoisotopic (exact) mass is 699 g/mol. The third kappa shape index (κ3) is 10.1. The van der Waals surface area contributed by atoms with E-state index in [9.17, 15) is 41.5 Å². The van der Waals surface area contributed by atoms with E-state index in [-0.39, 0.29) is 37.4 Å². The van der Waals surface area contributed by atoms with Crippen LogP contribution in [0.2, 0.25) is 5.02 Å². The highest BCUT2D eigenvalue weighted by Crippen LogP contribution is 2.32. The van der Waals surface area contributed by atoms with Crippen molar-refractivity contribution < 1.29 is 51.0 Å². The first-order chi connectivity index (χ1) is 22.2. The summed E-state index contributed by atoms with van der Waals surface area (Å²) in [5, 5.41) is 5.52. The second kappa shape index (κ2) is 15.3. The van der Waals surface area contributed by atoms with E-state index in [1.807, 2.05) is 20.8 Å². The normalized spacial score (nSPS) is 14.6. The van der Waals surface area contributed by atoms with Gasteiger partial charge in [0.05, 0.1) is 6.42 Å². The quantitative estimate of drug-likeness (QED) is 0.159. The summed E-state index contributed by atoms with van der Waals surface area (Å²) in [7, 11) is 0. The number of anilines is 1. The lowest BCUT2D eigenvalue weighted by atomic mass is 9.86. The van der Waals surface area contributed by atoms with Crippen molar-refractivity contribution in [3.05, 3.63) is 58.1 Å². The van der Waals surface area contributed by atoms with Crippen LogP contribution in [0.3, 0.4) is 0 Å². The van der Waals surface area contributed by atoms with Crippen molar-refractivity contribution in [2.45, 2.75) is 77.9 Å². The second-order valence-electron chi connectivity index (χ2n) is 13.4. The van der Waals surface area contributed by atoms with Gasteiger partial charge in [0.25, 0.3) is 0 Å². The standard InChI is InChI=1S/C33H38ClF4N3O7/c1-32(2,3)19-13-18(34)7-8-22(19)39-30(45)31(46)41-11-9-17(10-12-41)29(44)40-23(15-25(43)48-33(4,5)6)24(42)16-47-28-26(37)20(35)14-21(36)27(28)38/h7-8,13-14,17,23H,9-12,15-16H2,1-6H3,(H,39,45)(H,40,44)/t23-/m0/s1. The smallest absolute Gasteiger partial charge is 0.313 e. The van der Waals surface area contributed by atoms with Gasteiger partial charge in [-0.05, 0) is 62.8 Å².